The van der Waals surface area contributed by atoms with Crippen LogP contribution in [0.15, 0.2) is 18.2 Å². The number of aryl methyl sites for hydroxylation is 1. The number of anilines is 2. The molecule has 0 aromatic heterocycles. The first-order valence-electron chi connectivity index (χ1n) is 6.67. The fraction of sp³-hybridized carbons (Fsp3) is 0.533. The summed E-state index contributed by atoms with van der Waals surface area (Å²) >= 11 is 0. The topological polar surface area (TPSA) is 58.4 Å². The van der Waals surface area contributed by atoms with Gasteiger partial charge in [0.1, 0.15) is 0 Å². The number of amides is 1. The largest absolute Gasteiger partial charge is 0.398 e. The van der Waals surface area contributed by atoms with Gasteiger partial charge in [0.05, 0.1) is 6.54 Å². The molecule has 19 heavy (non-hydrogen) atoms. The lowest BCUT2D eigenvalue weighted by Crippen LogP contribution is -2.39. The van der Waals surface area contributed by atoms with Crippen LogP contribution in [0.1, 0.15) is 26.3 Å². The van der Waals surface area contributed by atoms with Crippen molar-refractivity contribution in [1.82, 2.24) is 4.90 Å². The molecule has 1 aromatic carbocycles. The Morgan fingerprint density at radius 2 is 2.00 bits per heavy atom. The Hall–Kier alpha value is -1.55. The summed E-state index contributed by atoms with van der Waals surface area (Å²) < 4.78 is 0. The van der Waals surface area contributed by atoms with Crippen LogP contribution in [0.25, 0.3) is 0 Å². The molecule has 1 atom stereocenters. The summed E-state index contributed by atoms with van der Waals surface area (Å²) in [5, 5.41) is 2.87. The van der Waals surface area contributed by atoms with Crippen LogP contribution in [0.4, 0.5) is 11.4 Å². The third-order valence-corrected chi connectivity index (χ3v) is 3.62. The second-order valence-corrected chi connectivity index (χ2v) is 5.52. The Morgan fingerprint density at radius 1 is 1.37 bits per heavy atom. The van der Waals surface area contributed by atoms with Gasteiger partial charge in [0, 0.05) is 17.4 Å². The van der Waals surface area contributed by atoms with Gasteiger partial charge < -0.3 is 11.1 Å². The summed E-state index contributed by atoms with van der Waals surface area (Å²) in [5.74, 6) is 0.506. The van der Waals surface area contributed by atoms with Crippen LogP contribution in [0.5, 0.6) is 0 Å². The number of hydrogen-bond acceptors (Lipinski definition) is 3. The summed E-state index contributed by atoms with van der Waals surface area (Å²) in [6.07, 6.45) is 0. The van der Waals surface area contributed by atoms with Gasteiger partial charge in [-0.15, -0.1) is 0 Å². The Balaban J connectivity index is 2.58. The number of carbonyl (C=O) groups is 1. The molecule has 0 fully saturated rings. The number of nitrogens with zero attached hydrogens (tertiary/aromatic N) is 1. The van der Waals surface area contributed by atoms with Gasteiger partial charge in [-0.25, -0.2) is 0 Å². The molecule has 1 aromatic rings. The molecule has 1 rings (SSSR count). The van der Waals surface area contributed by atoms with Crippen molar-refractivity contribution in [2.24, 2.45) is 5.92 Å². The van der Waals surface area contributed by atoms with Crippen LogP contribution in [-0.4, -0.2) is 30.4 Å². The first kappa shape index (κ1) is 15.5. The lowest BCUT2D eigenvalue weighted by atomic mass is 10.1. The fourth-order valence-electron chi connectivity index (χ4n) is 1.80. The van der Waals surface area contributed by atoms with Gasteiger partial charge in [0.15, 0.2) is 0 Å². The second kappa shape index (κ2) is 6.57. The molecule has 1 amide bonds. The molecule has 4 heteroatoms. The minimum atomic E-state index is -0.0155. The third-order valence-electron chi connectivity index (χ3n) is 3.62. The fourth-order valence-corrected chi connectivity index (χ4v) is 1.80. The molecule has 0 heterocycles. The molecule has 4 nitrogen and oxygen atoms in total. The molecular weight excluding hydrogens is 238 g/mol. The van der Waals surface area contributed by atoms with E-state index in [4.69, 9.17) is 5.73 Å². The maximum atomic E-state index is 12.0. The van der Waals surface area contributed by atoms with E-state index in [1.807, 2.05) is 26.1 Å². The number of nitrogen functional groups attached to an aromatic ring is 1. The minimum absolute atomic E-state index is 0.0155. The van der Waals surface area contributed by atoms with Gasteiger partial charge in [-0.05, 0) is 44.5 Å². The molecule has 0 radical (unpaired) electrons. The van der Waals surface area contributed by atoms with E-state index in [1.165, 1.54) is 0 Å². The van der Waals surface area contributed by atoms with Crippen LogP contribution in [0.2, 0.25) is 0 Å². The Kier molecular flexibility index (Phi) is 5.36. The highest BCUT2D eigenvalue weighted by Gasteiger charge is 2.16. The van der Waals surface area contributed by atoms with Crippen molar-refractivity contribution in [3.8, 4) is 0 Å². The second-order valence-electron chi connectivity index (χ2n) is 5.52. The number of carbonyl (C=O) groups excluding carboxylic acids is 1. The summed E-state index contributed by atoms with van der Waals surface area (Å²) in [4.78, 5) is 14.0. The van der Waals surface area contributed by atoms with Crippen LogP contribution in [0.3, 0.4) is 0 Å². The quantitative estimate of drug-likeness (QED) is 0.802. The van der Waals surface area contributed by atoms with E-state index in [1.54, 1.807) is 6.07 Å². The Morgan fingerprint density at radius 3 is 2.53 bits per heavy atom. The van der Waals surface area contributed by atoms with E-state index in [0.717, 1.165) is 11.3 Å². The van der Waals surface area contributed by atoms with Gasteiger partial charge in [-0.1, -0.05) is 19.9 Å². The number of rotatable bonds is 5. The summed E-state index contributed by atoms with van der Waals surface area (Å²) in [6.45, 7) is 8.76. The minimum Gasteiger partial charge on any atom is -0.398 e. The number of likely N-dealkylation sites (N-methyl/N-ethyl adjacent to an activating group) is 1. The highest BCUT2D eigenvalue weighted by atomic mass is 16.2. The van der Waals surface area contributed by atoms with Crippen molar-refractivity contribution < 1.29 is 4.79 Å². The zero-order valence-electron chi connectivity index (χ0n) is 12.5. The molecule has 106 valence electrons. The van der Waals surface area contributed by atoms with E-state index in [-0.39, 0.29) is 5.91 Å². The summed E-state index contributed by atoms with van der Waals surface area (Å²) in [6, 6.07) is 5.94. The van der Waals surface area contributed by atoms with E-state index in [9.17, 15) is 4.79 Å². The lowest BCUT2D eigenvalue weighted by Gasteiger charge is -2.27. The van der Waals surface area contributed by atoms with Crippen molar-refractivity contribution in [3.63, 3.8) is 0 Å². The molecular formula is C15H25N3O. The lowest BCUT2D eigenvalue weighted by molar-refractivity contribution is -0.117. The van der Waals surface area contributed by atoms with Gasteiger partial charge in [0.25, 0.3) is 0 Å². The van der Waals surface area contributed by atoms with E-state index >= 15 is 0 Å². The molecule has 0 aliphatic rings. The smallest absolute Gasteiger partial charge is 0.238 e. The number of nitrogens with two attached hydrogens (primary N) is 1. The van der Waals surface area contributed by atoms with Gasteiger partial charge in [-0.3, -0.25) is 9.69 Å². The maximum Gasteiger partial charge on any atom is 0.238 e. The van der Waals surface area contributed by atoms with Crippen molar-refractivity contribution in [3.05, 3.63) is 23.8 Å². The van der Waals surface area contributed by atoms with Crippen LogP contribution >= 0.6 is 0 Å². The molecule has 0 aliphatic heterocycles. The average Bonchev–Trinajstić information content (AvgIpc) is 2.32. The van der Waals surface area contributed by atoms with E-state index < -0.39 is 0 Å². The monoisotopic (exact) mass is 263 g/mol. The van der Waals surface area contributed by atoms with Crippen molar-refractivity contribution in [2.45, 2.75) is 33.7 Å². The van der Waals surface area contributed by atoms with Crippen LogP contribution < -0.4 is 11.1 Å². The predicted molar refractivity (Wildman–Crippen MR) is 81.2 cm³/mol. The summed E-state index contributed by atoms with van der Waals surface area (Å²) in [5.41, 5.74) is 8.29. The standard InChI is InChI=1S/C15H25N3O/c1-10(2)12(4)18(5)9-15(19)17-13-7-6-11(3)14(16)8-13/h6-8,10,12H,9,16H2,1-5H3,(H,17,19). The molecule has 0 aliphatic carbocycles. The molecule has 0 saturated heterocycles. The third kappa shape index (κ3) is 4.56. The van der Waals surface area contributed by atoms with Gasteiger partial charge in [-0.2, -0.15) is 0 Å². The molecule has 0 saturated carbocycles. The maximum absolute atomic E-state index is 12.0. The van der Waals surface area contributed by atoms with Crippen molar-refractivity contribution in [2.75, 3.05) is 24.6 Å². The van der Waals surface area contributed by atoms with Crippen molar-refractivity contribution in [1.29, 1.82) is 0 Å². The van der Waals surface area contributed by atoms with Crippen LogP contribution in [-0.2, 0) is 4.79 Å². The number of benzene rings is 1. The van der Waals surface area contributed by atoms with Gasteiger partial charge in [0.2, 0.25) is 5.91 Å². The van der Waals surface area contributed by atoms with Crippen LogP contribution in [0, 0.1) is 12.8 Å². The normalized spacial score (nSPS) is 12.8. The predicted octanol–water partition coefficient (Wildman–Crippen LogP) is 2.49. The molecule has 1 unspecified atom stereocenters. The highest BCUT2D eigenvalue weighted by molar-refractivity contribution is 5.92. The molecule has 3 N–H and O–H groups in total. The first-order chi connectivity index (χ1) is 8.81. The zero-order chi connectivity index (χ0) is 14.6. The SMILES string of the molecule is Cc1ccc(NC(=O)CN(C)C(C)C(C)C)cc1N. The molecule has 0 spiro atoms. The Bertz CT molecular complexity index is 443. The van der Waals surface area contributed by atoms with Gasteiger partial charge >= 0.3 is 0 Å². The van der Waals surface area contributed by atoms with Crippen molar-refractivity contribution >= 4 is 17.3 Å². The summed E-state index contributed by atoms with van der Waals surface area (Å²) in [7, 11) is 1.97. The van der Waals surface area contributed by atoms with E-state index in [0.29, 0.717) is 24.2 Å². The number of nitrogens with one attached hydrogen (secondary N) is 1. The zero-order valence-corrected chi connectivity index (χ0v) is 12.5. The Labute approximate surface area is 116 Å². The average molecular weight is 263 g/mol. The highest BCUT2D eigenvalue weighted by Crippen LogP contribution is 2.17. The molecule has 0 bridgehead atoms. The number of hydrogen-bond donors (Lipinski definition) is 2. The van der Waals surface area contributed by atoms with E-state index in [2.05, 4.69) is 31.0 Å². The first-order valence-corrected chi connectivity index (χ1v) is 6.67.